The summed E-state index contributed by atoms with van der Waals surface area (Å²) in [5, 5.41) is 12.3. The molecule has 4 N–H and O–H groups in total. The van der Waals surface area contributed by atoms with E-state index in [-0.39, 0.29) is 5.56 Å². The molecule has 20 heavy (non-hydrogen) atoms. The number of nitrogen functional groups attached to an aromatic ring is 1. The monoisotopic (exact) mass is 269 g/mol. The number of carboxylic acids is 1. The van der Waals surface area contributed by atoms with Crippen molar-refractivity contribution in [1.29, 1.82) is 0 Å². The third kappa shape index (κ3) is 2.30. The number of hydrogen-bond donors (Lipinski definition) is 3. The summed E-state index contributed by atoms with van der Waals surface area (Å²) in [5.41, 5.74) is 9.54. The van der Waals surface area contributed by atoms with Crippen molar-refractivity contribution < 1.29 is 9.90 Å². The highest BCUT2D eigenvalue weighted by Crippen LogP contribution is 2.27. The van der Waals surface area contributed by atoms with E-state index in [1.54, 1.807) is 0 Å². The Labute approximate surface area is 116 Å². The molecule has 3 rings (SSSR count). The van der Waals surface area contributed by atoms with Crippen LogP contribution in [0.2, 0.25) is 0 Å². The number of aryl methyl sites for hydroxylation is 2. The van der Waals surface area contributed by atoms with Gasteiger partial charge in [-0.3, -0.25) is 0 Å². The van der Waals surface area contributed by atoms with E-state index in [4.69, 9.17) is 5.73 Å². The Morgan fingerprint density at radius 2 is 2.05 bits per heavy atom. The van der Waals surface area contributed by atoms with E-state index >= 15 is 0 Å². The Morgan fingerprint density at radius 3 is 2.85 bits per heavy atom. The number of nitrogens with two attached hydrogens (primary N) is 1. The number of hydrogen-bond acceptors (Lipinski definition) is 4. The molecule has 0 atom stereocenters. The summed E-state index contributed by atoms with van der Waals surface area (Å²) in [6.07, 6.45) is 4.82. The van der Waals surface area contributed by atoms with Crippen LogP contribution in [-0.2, 0) is 12.8 Å². The van der Waals surface area contributed by atoms with E-state index in [0.717, 1.165) is 18.5 Å². The Bertz CT molecular complexity index is 683. The quantitative estimate of drug-likeness (QED) is 0.797. The molecule has 0 amide bonds. The number of carbonyl (C=O) groups is 1. The average molecular weight is 269 g/mol. The van der Waals surface area contributed by atoms with Crippen LogP contribution in [0.4, 0.5) is 17.2 Å². The molecule has 0 bridgehead atoms. The maximum atomic E-state index is 11.2. The van der Waals surface area contributed by atoms with Crippen molar-refractivity contribution in [2.75, 3.05) is 11.1 Å². The number of fused-ring (bicyclic) bond motifs is 1. The molecule has 2 aromatic rings. The molecular weight excluding hydrogens is 254 g/mol. The van der Waals surface area contributed by atoms with Crippen molar-refractivity contribution >= 4 is 23.2 Å². The van der Waals surface area contributed by atoms with Crippen molar-refractivity contribution in [1.82, 2.24) is 4.98 Å². The van der Waals surface area contributed by atoms with Gasteiger partial charge in [-0.05, 0) is 48.6 Å². The summed E-state index contributed by atoms with van der Waals surface area (Å²) >= 11 is 0. The van der Waals surface area contributed by atoms with Crippen molar-refractivity contribution in [2.24, 2.45) is 0 Å². The van der Waals surface area contributed by atoms with Gasteiger partial charge in [0.05, 0.1) is 11.9 Å². The van der Waals surface area contributed by atoms with E-state index in [1.807, 2.05) is 6.07 Å². The van der Waals surface area contributed by atoms with Gasteiger partial charge in [-0.25, -0.2) is 9.78 Å². The minimum absolute atomic E-state index is 0.0745. The van der Waals surface area contributed by atoms with E-state index in [9.17, 15) is 9.90 Å². The summed E-state index contributed by atoms with van der Waals surface area (Å²) in [7, 11) is 0. The number of carboxylic acid groups (broad SMARTS) is 1. The fourth-order valence-corrected chi connectivity index (χ4v) is 2.53. The lowest BCUT2D eigenvalue weighted by Crippen LogP contribution is -2.06. The molecule has 1 heterocycles. The van der Waals surface area contributed by atoms with E-state index in [2.05, 4.69) is 22.4 Å². The molecular formula is C15H15N3O2. The van der Waals surface area contributed by atoms with Crippen LogP contribution in [0.1, 0.15) is 27.9 Å². The Morgan fingerprint density at radius 1 is 1.25 bits per heavy atom. The Kier molecular flexibility index (Phi) is 3.02. The van der Waals surface area contributed by atoms with Crippen LogP contribution in [0, 0.1) is 0 Å². The highest BCUT2D eigenvalue weighted by atomic mass is 16.4. The highest BCUT2D eigenvalue weighted by molar-refractivity contribution is 5.94. The number of nitrogens with one attached hydrogen (secondary N) is 1. The number of aromatic carboxylic acids is 1. The largest absolute Gasteiger partial charge is 0.478 e. The number of anilines is 3. The number of benzene rings is 1. The zero-order valence-corrected chi connectivity index (χ0v) is 10.9. The standard InChI is InChI=1S/C15H15N3O2/c16-11-7-13(15(19)20)14(17-8-11)18-12-5-4-9-2-1-3-10(9)6-12/h4-8H,1-3,16H2,(H,17,18)(H,19,20). The maximum Gasteiger partial charge on any atom is 0.339 e. The van der Waals surface area contributed by atoms with Crippen molar-refractivity contribution in [3.05, 3.63) is 47.2 Å². The first-order chi connectivity index (χ1) is 9.63. The molecule has 1 aromatic carbocycles. The first-order valence-electron chi connectivity index (χ1n) is 6.51. The fraction of sp³-hybridized carbons (Fsp3) is 0.200. The van der Waals surface area contributed by atoms with Gasteiger partial charge in [0.1, 0.15) is 11.4 Å². The Hall–Kier alpha value is -2.56. The van der Waals surface area contributed by atoms with E-state index < -0.39 is 5.97 Å². The number of aromatic nitrogens is 1. The smallest absolute Gasteiger partial charge is 0.339 e. The second-order valence-corrected chi connectivity index (χ2v) is 4.93. The molecule has 0 fully saturated rings. The van der Waals surface area contributed by atoms with Gasteiger partial charge in [0, 0.05) is 5.69 Å². The molecule has 102 valence electrons. The van der Waals surface area contributed by atoms with Gasteiger partial charge in [0.25, 0.3) is 0 Å². The van der Waals surface area contributed by atoms with Crippen LogP contribution in [0.15, 0.2) is 30.5 Å². The van der Waals surface area contributed by atoms with Crippen molar-refractivity contribution in [2.45, 2.75) is 19.3 Å². The lowest BCUT2D eigenvalue weighted by atomic mass is 10.1. The molecule has 0 unspecified atom stereocenters. The van der Waals surface area contributed by atoms with Gasteiger partial charge < -0.3 is 16.2 Å². The number of pyridine rings is 1. The molecule has 1 aliphatic carbocycles. The maximum absolute atomic E-state index is 11.2. The zero-order valence-electron chi connectivity index (χ0n) is 10.9. The number of rotatable bonds is 3. The molecule has 0 radical (unpaired) electrons. The molecule has 5 nitrogen and oxygen atoms in total. The van der Waals surface area contributed by atoms with Crippen LogP contribution in [0.3, 0.4) is 0 Å². The molecule has 0 aliphatic heterocycles. The summed E-state index contributed by atoms with van der Waals surface area (Å²) in [4.78, 5) is 15.3. The molecule has 1 aromatic heterocycles. The zero-order chi connectivity index (χ0) is 14.1. The molecule has 5 heteroatoms. The normalized spacial score (nSPS) is 13.0. The average Bonchev–Trinajstić information content (AvgIpc) is 2.88. The van der Waals surface area contributed by atoms with E-state index in [0.29, 0.717) is 11.5 Å². The molecule has 1 aliphatic rings. The van der Waals surface area contributed by atoms with Gasteiger partial charge in [-0.2, -0.15) is 0 Å². The lowest BCUT2D eigenvalue weighted by Gasteiger charge is -2.10. The SMILES string of the molecule is Nc1cnc(Nc2ccc3c(c2)CCC3)c(C(=O)O)c1. The van der Waals surface area contributed by atoms with Crippen LogP contribution >= 0.6 is 0 Å². The minimum atomic E-state index is -1.05. The van der Waals surface area contributed by atoms with Gasteiger partial charge in [-0.15, -0.1) is 0 Å². The van der Waals surface area contributed by atoms with Gasteiger partial charge >= 0.3 is 5.97 Å². The van der Waals surface area contributed by atoms with Crippen molar-refractivity contribution in [3.63, 3.8) is 0 Å². The van der Waals surface area contributed by atoms with E-state index in [1.165, 1.54) is 29.8 Å². The van der Waals surface area contributed by atoms with Crippen LogP contribution in [0.5, 0.6) is 0 Å². The summed E-state index contributed by atoms with van der Waals surface area (Å²) < 4.78 is 0. The van der Waals surface area contributed by atoms with Gasteiger partial charge in [0.15, 0.2) is 0 Å². The van der Waals surface area contributed by atoms with Crippen LogP contribution < -0.4 is 11.1 Å². The third-order valence-electron chi connectivity index (χ3n) is 3.50. The molecule has 0 spiro atoms. The first-order valence-corrected chi connectivity index (χ1v) is 6.51. The first kappa shape index (κ1) is 12.5. The molecule has 0 saturated carbocycles. The van der Waals surface area contributed by atoms with Crippen molar-refractivity contribution in [3.8, 4) is 0 Å². The summed E-state index contributed by atoms with van der Waals surface area (Å²) in [5.74, 6) is -0.738. The number of nitrogens with zero attached hydrogens (tertiary/aromatic N) is 1. The second-order valence-electron chi connectivity index (χ2n) is 4.93. The summed E-state index contributed by atoms with van der Waals surface area (Å²) in [6.45, 7) is 0. The minimum Gasteiger partial charge on any atom is -0.478 e. The second kappa shape index (κ2) is 4.85. The fourth-order valence-electron chi connectivity index (χ4n) is 2.53. The van der Waals surface area contributed by atoms with Gasteiger partial charge in [-0.1, -0.05) is 6.07 Å². The Balaban J connectivity index is 1.93. The van der Waals surface area contributed by atoms with Crippen LogP contribution in [-0.4, -0.2) is 16.1 Å². The predicted molar refractivity (Wildman–Crippen MR) is 77.4 cm³/mol. The van der Waals surface area contributed by atoms with Gasteiger partial charge in [0.2, 0.25) is 0 Å². The van der Waals surface area contributed by atoms with Crippen LogP contribution in [0.25, 0.3) is 0 Å². The molecule has 0 saturated heterocycles. The predicted octanol–water partition coefficient (Wildman–Crippen LogP) is 2.59. The highest BCUT2D eigenvalue weighted by Gasteiger charge is 2.14. The lowest BCUT2D eigenvalue weighted by molar-refractivity contribution is 0.0697. The third-order valence-corrected chi connectivity index (χ3v) is 3.50. The summed E-state index contributed by atoms with van der Waals surface area (Å²) in [6, 6.07) is 7.51. The topological polar surface area (TPSA) is 88.2 Å².